The van der Waals surface area contributed by atoms with E-state index in [-0.39, 0.29) is 0 Å². The molecule has 9 heteroatoms. The van der Waals surface area contributed by atoms with Crippen LogP contribution in [0.2, 0.25) is 0 Å². The summed E-state index contributed by atoms with van der Waals surface area (Å²) in [5.41, 5.74) is 1.59. The van der Waals surface area contributed by atoms with Crippen LogP contribution in [-0.4, -0.2) is 30.6 Å². The first-order chi connectivity index (χ1) is 17.8. The Morgan fingerprint density at radius 3 is 2.16 bits per heavy atom. The Morgan fingerprint density at radius 1 is 0.892 bits per heavy atom. The number of anilines is 1. The predicted octanol–water partition coefficient (Wildman–Crippen LogP) is 7.55. The molecule has 0 atom stereocenters. The lowest BCUT2D eigenvalue weighted by molar-refractivity contribution is -0.135. The Kier molecular flexibility index (Phi) is 8.25. The molecule has 0 saturated heterocycles. The fraction of sp³-hybridized carbons (Fsp3) is 0.0714. The number of rotatable bonds is 8. The van der Waals surface area contributed by atoms with Gasteiger partial charge in [0.2, 0.25) is 0 Å². The second-order valence-corrected chi connectivity index (χ2v) is 9.54. The summed E-state index contributed by atoms with van der Waals surface area (Å²) in [6.45, 7) is -0.530. The summed E-state index contributed by atoms with van der Waals surface area (Å²) in [6.07, 6.45) is 0. The van der Waals surface area contributed by atoms with Crippen molar-refractivity contribution in [1.82, 2.24) is 0 Å². The van der Waals surface area contributed by atoms with Gasteiger partial charge in [-0.3, -0.25) is 14.5 Å². The number of halogens is 3. The van der Waals surface area contributed by atoms with E-state index >= 15 is 0 Å². The Balaban J connectivity index is 1.69. The van der Waals surface area contributed by atoms with Crippen LogP contribution in [0.3, 0.4) is 0 Å². The minimum absolute atomic E-state index is 0.351. The molecule has 0 aliphatic rings. The minimum Gasteiger partial charge on any atom is -0.496 e. The summed E-state index contributed by atoms with van der Waals surface area (Å²) in [5.74, 6) is -0.733. The van der Waals surface area contributed by atoms with Crippen LogP contribution in [0.15, 0.2) is 93.9 Å². The minimum atomic E-state index is -1.16. The molecule has 0 heterocycles. The van der Waals surface area contributed by atoms with Gasteiger partial charge in [-0.05, 0) is 80.4 Å². The number of carboxylic acid groups (broad SMARTS) is 1. The van der Waals surface area contributed by atoms with Crippen molar-refractivity contribution in [3.05, 3.63) is 105 Å². The summed E-state index contributed by atoms with van der Waals surface area (Å²) >= 11 is 6.95. The molecule has 1 amide bonds. The van der Waals surface area contributed by atoms with Crippen molar-refractivity contribution >= 4 is 49.4 Å². The zero-order valence-electron chi connectivity index (χ0n) is 19.5. The highest BCUT2D eigenvalue weighted by molar-refractivity contribution is 9.11. The third kappa shape index (κ3) is 6.00. The number of nitrogens with zero attached hydrogens (tertiary/aromatic N) is 1. The number of hydrogen-bond acceptors (Lipinski definition) is 4. The molecule has 188 valence electrons. The van der Waals surface area contributed by atoms with Crippen LogP contribution in [0.5, 0.6) is 17.2 Å². The molecule has 0 fully saturated rings. The number of amides is 1. The molecule has 0 spiro atoms. The number of carboxylic acids is 1. The monoisotopic (exact) mass is 627 g/mol. The maximum atomic E-state index is 14.5. The highest BCUT2D eigenvalue weighted by Crippen LogP contribution is 2.42. The van der Waals surface area contributed by atoms with Crippen LogP contribution < -0.4 is 14.4 Å². The SMILES string of the molecule is COc1ccc(Oc2c(Br)cc(N(CC(=O)O)C(=O)c3ccccc3)cc2Br)cc1-c1ccccc1F. The highest BCUT2D eigenvalue weighted by atomic mass is 79.9. The molecular formula is C28H20Br2FNO5. The van der Waals surface area contributed by atoms with Crippen LogP contribution in [0.1, 0.15) is 10.4 Å². The van der Waals surface area contributed by atoms with Gasteiger partial charge in [0.05, 0.1) is 16.1 Å². The number of carbonyl (C=O) groups excluding carboxylic acids is 1. The molecule has 1 N–H and O–H groups in total. The van der Waals surface area contributed by atoms with Crippen LogP contribution >= 0.6 is 31.9 Å². The average Bonchev–Trinajstić information content (AvgIpc) is 2.89. The second-order valence-electron chi connectivity index (χ2n) is 7.83. The zero-order valence-corrected chi connectivity index (χ0v) is 22.6. The molecule has 0 aliphatic heterocycles. The van der Waals surface area contributed by atoms with Crippen molar-refractivity contribution in [2.45, 2.75) is 0 Å². The Labute approximate surface area is 229 Å². The number of aliphatic carboxylic acids is 1. The first-order valence-corrected chi connectivity index (χ1v) is 12.6. The lowest BCUT2D eigenvalue weighted by atomic mass is 10.0. The molecule has 0 radical (unpaired) electrons. The van der Waals surface area contributed by atoms with E-state index in [4.69, 9.17) is 9.47 Å². The number of hydrogen-bond donors (Lipinski definition) is 1. The average molecular weight is 629 g/mol. The number of ether oxygens (including phenoxy) is 2. The molecule has 4 aromatic rings. The van der Waals surface area contributed by atoms with Gasteiger partial charge in [0, 0.05) is 22.4 Å². The van der Waals surface area contributed by atoms with Crippen molar-refractivity contribution in [2.24, 2.45) is 0 Å². The topological polar surface area (TPSA) is 76.1 Å². The van der Waals surface area contributed by atoms with Crippen LogP contribution in [0.25, 0.3) is 11.1 Å². The smallest absolute Gasteiger partial charge is 0.323 e. The predicted molar refractivity (Wildman–Crippen MR) is 146 cm³/mol. The van der Waals surface area contributed by atoms with Crippen molar-refractivity contribution in [2.75, 3.05) is 18.6 Å². The first kappa shape index (κ1) is 26.4. The van der Waals surface area contributed by atoms with Gasteiger partial charge in [0.15, 0.2) is 5.75 Å². The largest absolute Gasteiger partial charge is 0.496 e. The maximum absolute atomic E-state index is 14.5. The second kappa shape index (κ2) is 11.6. The van der Waals surface area contributed by atoms with E-state index in [0.29, 0.717) is 48.6 Å². The van der Waals surface area contributed by atoms with Crippen LogP contribution in [0, 0.1) is 5.82 Å². The maximum Gasteiger partial charge on any atom is 0.323 e. The summed E-state index contributed by atoms with van der Waals surface area (Å²) in [4.78, 5) is 25.8. The van der Waals surface area contributed by atoms with Crippen molar-refractivity contribution in [1.29, 1.82) is 0 Å². The Hall–Kier alpha value is -3.69. The fourth-order valence-corrected chi connectivity index (χ4v) is 5.03. The van der Waals surface area contributed by atoms with Crippen molar-refractivity contribution in [3.8, 4) is 28.4 Å². The first-order valence-electron chi connectivity index (χ1n) is 11.0. The standard InChI is InChI=1S/C28H20Br2FNO5/c1-36-25-12-11-19(15-21(25)20-9-5-6-10-24(20)31)37-27-22(29)13-18(14-23(27)30)32(16-26(33)34)28(35)17-7-3-2-4-8-17/h2-15H,16H2,1H3,(H,33,34). The zero-order chi connectivity index (χ0) is 26.5. The molecule has 0 aromatic heterocycles. The molecule has 0 bridgehead atoms. The Bertz CT molecular complexity index is 1440. The highest BCUT2D eigenvalue weighted by Gasteiger charge is 2.23. The van der Waals surface area contributed by atoms with Gasteiger partial charge in [-0.1, -0.05) is 36.4 Å². The number of methoxy groups -OCH3 is 1. The van der Waals surface area contributed by atoms with Crippen molar-refractivity contribution < 1.29 is 28.6 Å². The van der Waals surface area contributed by atoms with E-state index in [2.05, 4.69) is 31.9 Å². The van der Waals surface area contributed by atoms with E-state index in [1.165, 1.54) is 18.1 Å². The van der Waals surface area contributed by atoms with E-state index in [1.807, 2.05) is 0 Å². The molecule has 0 saturated carbocycles. The van der Waals surface area contributed by atoms with E-state index < -0.39 is 24.2 Å². The number of carbonyl (C=O) groups is 2. The molecule has 0 aliphatic carbocycles. The third-order valence-electron chi connectivity index (χ3n) is 5.41. The molecule has 4 aromatic carbocycles. The van der Waals surface area contributed by atoms with Gasteiger partial charge in [0.25, 0.3) is 5.91 Å². The molecule has 0 unspecified atom stereocenters. The fourth-order valence-electron chi connectivity index (χ4n) is 3.71. The Morgan fingerprint density at radius 2 is 1.54 bits per heavy atom. The summed E-state index contributed by atoms with van der Waals surface area (Å²) < 4.78 is 27.0. The van der Waals surface area contributed by atoms with E-state index in [9.17, 15) is 19.1 Å². The van der Waals surface area contributed by atoms with Gasteiger partial charge < -0.3 is 14.6 Å². The van der Waals surface area contributed by atoms with Gasteiger partial charge in [-0.15, -0.1) is 0 Å². The normalized spacial score (nSPS) is 10.6. The van der Waals surface area contributed by atoms with Gasteiger partial charge >= 0.3 is 5.97 Å². The molecule has 4 rings (SSSR count). The van der Waals surface area contributed by atoms with E-state index in [1.54, 1.807) is 78.9 Å². The third-order valence-corrected chi connectivity index (χ3v) is 6.59. The molecular weight excluding hydrogens is 609 g/mol. The summed E-state index contributed by atoms with van der Waals surface area (Å²) in [6, 6.07) is 23.0. The quantitative estimate of drug-likeness (QED) is 0.218. The summed E-state index contributed by atoms with van der Waals surface area (Å²) in [5, 5.41) is 9.43. The van der Waals surface area contributed by atoms with Gasteiger partial charge in [-0.2, -0.15) is 0 Å². The van der Waals surface area contributed by atoms with Gasteiger partial charge in [0.1, 0.15) is 23.9 Å². The lowest BCUT2D eigenvalue weighted by Crippen LogP contribution is -2.35. The van der Waals surface area contributed by atoms with Crippen LogP contribution in [0.4, 0.5) is 10.1 Å². The molecule has 6 nitrogen and oxygen atoms in total. The molecule has 37 heavy (non-hydrogen) atoms. The summed E-state index contributed by atoms with van der Waals surface area (Å²) in [7, 11) is 1.51. The van der Waals surface area contributed by atoms with Gasteiger partial charge in [-0.25, -0.2) is 4.39 Å². The van der Waals surface area contributed by atoms with E-state index in [0.717, 1.165) is 0 Å². The number of benzene rings is 4. The van der Waals surface area contributed by atoms with Crippen LogP contribution in [-0.2, 0) is 4.79 Å². The lowest BCUT2D eigenvalue weighted by Gasteiger charge is -2.23. The van der Waals surface area contributed by atoms with Crippen molar-refractivity contribution in [3.63, 3.8) is 0 Å².